The smallest absolute Gasteiger partial charge is 0.257 e. The fourth-order valence-electron chi connectivity index (χ4n) is 1.77. The van der Waals surface area contributed by atoms with Crippen LogP contribution in [0.3, 0.4) is 0 Å². The molecule has 1 aromatic heterocycles. The van der Waals surface area contributed by atoms with Crippen molar-refractivity contribution in [3.05, 3.63) is 23.6 Å². The Hall–Kier alpha value is -1.69. The van der Waals surface area contributed by atoms with Gasteiger partial charge in [-0.2, -0.15) is 0 Å². The molecule has 1 amide bonds. The number of ether oxygens (including phenoxy) is 1. The van der Waals surface area contributed by atoms with Crippen molar-refractivity contribution in [2.24, 2.45) is 0 Å². The summed E-state index contributed by atoms with van der Waals surface area (Å²) in [6.07, 6.45) is 1.32. The van der Waals surface area contributed by atoms with Gasteiger partial charge >= 0.3 is 0 Å². The molecule has 18 heavy (non-hydrogen) atoms. The fraction of sp³-hybridized carbons (Fsp3) is 0.500. The van der Waals surface area contributed by atoms with Gasteiger partial charge < -0.3 is 15.4 Å². The van der Waals surface area contributed by atoms with Crippen molar-refractivity contribution in [2.45, 2.75) is 19.9 Å². The number of likely N-dealkylation sites (N-methyl/N-ethyl adjacent to an activating group) is 1. The first-order valence-corrected chi connectivity index (χ1v) is 5.72. The zero-order valence-electron chi connectivity index (χ0n) is 10.8. The number of pyridine rings is 1. The Labute approximate surface area is 106 Å². The van der Waals surface area contributed by atoms with Crippen LogP contribution in [0.15, 0.2) is 12.3 Å². The third kappa shape index (κ3) is 2.95. The van der Waals surface area contributed by atoms with Crippen molar-refractivity contribution in [3.8, 4) is 0 Å². The first kappa shape index (κ1) is 14.4. The van der Waals surface area contributed by atoms with Gasteiger partial charge in [-0.3, -0.25) is 4.79 Å². The Morgan fingerprint density at radius 1 is 1.67 bits per heavy atom. The number of nitrogens with zero attached hydrogens (tertiary/aromatic N) is 2. The molecule has 5 nitrogen and oxygen atoms in total. The van der Waals surface area contributed by atoms with E-state index in [1.807, 2.05) is 13.8 Å². The molecule has 1 atom stereocenters. The monoisotopic (exact) mass is 255 g/mol. The van der Waals surface area contributed by atoms with Crippen molar-refractivity contribution in [2.75, 3.05) is 26.0 Å². The van der Waals surface area contributed by atoms with E-state index in [2.05, 4.69) is 4.98 Å². The molecule has 0 fully saturated rings. The van der Waals surface area contributed by atoms with Crippen LogP contribution in [0.2, 0.25) is 0 Å². The average molecular weight is 255 g/mol. The van der Waals surface area contributed by atoms with Crippen molar-refractivity contribution in [3.63, 3.8) is 0 Å². The molecule has 1 unspecified atom stereocenters. The summed E-state index contributed by atoms with van der Waals surface area (Å²) >= 11 is 0. The minimum absolute atomic E-state index is 0.0627. The molecular formula is C12H18FN3O2. The van der Waals surface area contributed by atoms with E-state index in [0.717, 1.165) is 0 Å². The number of nitrogens with two attached hydrogens (primary N) is 1. The van der Waals surface area contributed by atoms with Crippen LogP contribution in [-0.2, 0) is 4.74 Å². The molecule has 0 saturated carbocycles. The molecule has 0 aliphatic heterocycles. The van der Waals surface area contributed by atoms with E-state index in [0.29, 0.717) is 13.2 Å². The molecule has 0 saturated heterocycles. The molecule has 6 heteroatoms. The molecule has 1 aromatic rings. The van der Waals surface area contributed by atoms with E-state index >= 15 is 0 Å². The minimum atomic E-state index is -0.773. The Balaban J connectivity index is 3.00. The van der Waals surface area contributed by atoms with E-state index in [1.54, 1.807) is 7.11 Å². The Bertz CT molecular complexity index is 426. The summed E-state index contributed by atoms with van der Waals surface area (Å²) < 4.78 is 18.7. The standard InChI is InChI=1S/C12H18FN3O2/c1-4-16(8(2)7-18-3)12(17)9-5-6-15-11(14)10(9)13/h5-6,8H,4,7H2,1-3H3,(H2,14,15). The van der Waals surface area contributed by atoms with Crippen LogP contribution in [0, 0.1) is 5.82 Å². The van der Waals surface area contributed by atoms with Gasteiger partial charge in [0.1, 0.15) is 0 Å². The summed E-state index contributed by atoms with van der Waals surface area (Å²) in [6.45, 7) is 4.52. The molecule has 0 aromatic carbocycles. The third-order valence-electron chi connectivity index (χ3n) is 2.69. The van der Waals surface area contributed by atoms with E-state index in [1.165, 1.54) is 17.2 Å². The lowest BCUT2D eigenvalue weighted by Crippen LogP contribution is -2.41. The molecule has 0 radical (unpaired) electrons. The highest BCUT2D eigenvalue weighted by Crippen LogP contribution is 2.15. The summed E-state index contributed by atoms with van der Waals surface area (Å²) in [5.41, 5.74) is 5.29. The SMILES string of the molecule is CCN(C(=O)c1ccnc(N)c1F)C(C)COC. The highest BCUT2D eigenvalue weighted by Gasteiger charge is 2.23. The van der Waals surface area contributed by atoms with Gasteiger partial charge in [-0.15, -0.1) is 0 Å². The Morgan fingerprint density at radius 3 is 2.89 bits per heavy atom. The molecule has 0 bridgehead atoms. The average Bonchev–Trinajstić information content (AvgIpc) is 2.33. The van der Waals surface area contributed by atoms with Gasteiger partial charge in [0, 0.05) is 19.9 Å². The highest BCUT2D eigenvalue weighted by atomic mass is 19.1. The van der Waals surface area contributed by atoms with Crippen LogP contribution in [0.5, 0.6) is 0 Å². The number of rotatable bonds is 5. The molecule has 100 valence electrons. The minimum Gasteiger partial charge on any atom is -0.383 e. The van der Waals surface area contributed by atoms with Gasteiger partial charge in [0.15, 0.2) is 11.6 Å². The summed E-state index contributed by atoms with van der Waals surface area (Å²) in [5.74, 6) is -1.45. The Kier molecular flexibility index (Phi) is 5.03. The number of carbonyl (C=O) groups excluding carboxylic acids is 1. The van der Waals surface area contributed by atoms with Crippen LogP contribution in [0.4, 0.5) is 10.2 Å². The van der Waals surface area contributed by atoms with Crippen molar-refractivity contribution >= 4 is 11.7 Å². The first-order valence-electron chi connectivity index (χ1n) is 5.72. The van der Waals surface area contributed by atoms with Crippen LogP contribution in [-0.4, -0.2) is 42.1 Å². The summed E-state index contributed by atoms with van der Waals surface area (Å²) in [5, 5.41) is 0. The molecule has 0 aliphatic carbocycles. The largest absolute Gasteiger partial charge is 0.383 e. The normalized spacial score (nSPS) is 12.2. The number of nitrogen functional groups attached to an aromatic ring is 1. The number of carbonyl (C=O) groups is 1. The number of halogens is 1. The van der Waals surface area contributed by atoms with Gasteiger partial charge in [0.25, 0.3) is 5.91 Å². The third-order valence-corrected chi connectivity index (χ3v) is 2.69. The second kappa shape index (κ2) is 6.30. The lowest BCUT2D eigenvalue weighted by atomic mass is 10.2. The molecule has 0 aliphatic rings. The van der Waals surface area contributed by atoms with Gasteiger partial charge in [-0.25, -0.2) is 9.37 Å². The summed E-state index contributed by atoms with van der Waals surface area (Å²) in [6, 6.07) is 1.19. The predicted molar refractivity (Wildman–Crippen MR) is 66.7 cm³/mol. The van der Waals surface area contributed by atoms with Crippen LogP contribution >= 0.6 is 0 Å². The first-order chi connectivity index (χ1) is 8.52. The summed E-state index contributed by atoms with van der Waals surface area (Å²) in [7, 11) is 1.56. The quantitative estimate of drug-likeness (QED) is 0.861. The zero-order chi connectivity index (χ0) is 13.7. The lowest BCUT2D eigenvalue weighted by molar-refractivity contribution is 0.0575. The number of hydrogen-bond donors (Lipinski definition) is 1. The van der Waals surface area contributed by atoms with E-state index in [4.69, 9.17) is 10.5 Å². The van der Waals surface area contributed by atoms with Crippen molar-refractivity contribution in [1.82, 2.24) is 9.88 Å². The predicted octanol–water partition coefficient (Wildman–Crippen LogP) is 1.30. The number of anilines is 1. The molecule has 1 heterocycles. The van der Waals surface area contributed by atoms with E-state index < -0.39 is 11.7 Å². The molecule has 0 spiro atoms. The second-order valence-corrected chi connectivity index (χ2v) is 3.95. The molecule has 1 rings (SSSR count). The maximum atomic E-state index is 13.7. The molecular weight excluding hydrogens is 237 g/mol. The number of aromatic nitrogens is 1. The number of methoxy groups -OCH3 is 1. The van der Waals surface area contributed by atoms with Gasteiger partial charge in [-0.1, -0.05) is 0 Å². The van der Waals surface area contributed by atoms with E-state index in [-0.39, 0.29) is 17.4 Å². The highest BCUT2D eigenvalue weighted by molar-refractivity contribution is 5.95. The maximum Gasteiger partial charge on any atom is 0.257 e. The topological polar surface area (TPSA) is 68.5 Å². The number of hydrogen-bond acceptors (Lipinski definition) is 4. The Morgan fingerprint density at radius 2 is 2.33 bits per heavy atom. The van der Waals surface area contributed by atoms with Crippen LogP contribution < -0.4 is 5.73 Å². The van der Waals surface area contributed by atoms with E-state index in [9.17, 15) is 9.18 Å². The lowest BCUT2D eigenvalue weighted by Gasteiger charge is -2.27. The summed E-state index contributed by atoms with van der Waals surface area (Å²) in [4.78, 5) is 17.3. The fourth-order valence-corrected chi connectivity index (χ4v) is 1.77. The van der Waals surface area contributed by atoms with Gasteiger partial charge in [0.05, 0.1) is 18.2 Å². The van der Waals surface area contributed by atoms with Gasteiger partial charge in [0.2, 0.25) is 0 Å². The second-order valence-electron chi connectivity index (χ2n) is 3.95. The van der Waals surface area contributed by atoms with Crippen molar-refractivity contribution < 1.29 is 13.9 Å². The van der Waals surface area contributed by atoms with Crippen molar-refractivity contribution in [1.29, 1.82) is 0 Å². The van der Waals surface area contributed by atoms with Gasteiger partial charge in [-0.05, 0) is 19.9 Å². The zero-order valence-corrected chi connectivity index (χ0v) is 10.8. The number of amides is 1. The van der Waals surface area contributed by atoms with Crippen LogP contribution in [0.25, 0.3) is 0 Å². The van der Waals surface area contributed by atoms with Crippen LogP contribution in [0.1, 0.15) is 24.2 Å². The maximum absolute atomic E-state index is 13.7. The molecule has 2 N–H and O–H groups in total.